The fraction of sp³-hybridized carbons (Fsp3) is 0.425. The Morgan fingerprint density at radius 2 is 0.814 bits per heavy atom. The van der Waals surface area contributed by atoms with Crippen LogP contribution in [0.5, 0.6) is 0 Å². The number of amides is 4. The lowest BCUT2D eigenvalue weighted by molar-refractivity contribution is -0.156. The highest BCUT2D eigenvalue weighted by Crippen LogP contribution is 2.46. The van der Waals surface area contributed by atoms with Gasteiger partial charge in [0.2, 0.25) is 18.1 Å². The van der Waals surface area contributed by atoms with Crippen LogP contribution in [0.25, 0.3) is 22.3 Å². The standard InChI is InChI=1S/C38H46N2O6.C20H30N2O4.C17H15NO3.C2HF3O.3CH4/c1-24(2)34(33(41)22-26-17-19-27(20-18-26)36(43)46-38(4,5)6)40-35(42)25(3)12-11-21-39-37(44)45-23-32-30-15-9-7-13-28(30)29-14-8-10-16-31(29)32;1-12(2)17(22-18(24)13(3)21)16(23)11-14-7-9-15(10-8-14)19(25)26-20(4,5)6;19-10-9-18-17(20)21-11-16-14-7-3-1-5-12(14)13-6-2-4-8-15(13)16;3-2(4,5)1-6;;;/h7-10,13-20,24-25,32,34H,11-12,21-23H2,1-6H3,(H,39,44)(H,40,42);7-10,12-13,17H,11,21H2,1-6H3,(H,22,24);1-8,10,16H,9,11H2,(H,18,20);1H;3*1H4/t25-,34?;13-,17?;;;;;/m10...../s1. The number of hydrogen-bond acceptors (Lipinski definition) is 15. The first kappa shape index (κ1) is 88.3. The van der Waals surface area contributed by atoms with Gasteiger partial charge in [-0.15, -0.1) is 0 Å². The fourth-order valence-electron chi connectivity index (χ4n) is 10.8. The number of ketones is 2. The Balaban J connectivity index is 0.000000533. The quantitative estimate of drug-likeness (QED) is 0.0163. The number of nitrogens with one attached hydrogen (secondary N) is 4. The summed E-state index contributed by atoms with van der Waals surface area (Å²) in [5.74, 6) is -2.02. The molecule has 0 saturated heterocycles. The Kier molecular flexibility index (Phi) is 35.6. The molecule has 0 heterocycles. The highest BCUT2D eigenvalue weighted by molar-refractivity contribution is 5.94. The van der Waals surface area contributed by atoms with Gasteiger partial charge in [0.05, 0.1) is 35.8 Å². The van der Waals surface area contributed by atoms with Crippen LogP contribution in [0.4, 0.5) is 22.8 Å². The molecule has 2 unspecified atom stereocenters. The molecule has 8 rings (SSSR count). The first-order valence-electron chi connectivity index (χ1n) is 32.8. The van der Waals surface area contributed by atoms with Crippen molar-refractivity contribution in [3.8, 4) is 22.3 Å². The van der Waals surface area contributed by atoms with Gasteiger partial charge in [-0.05, 0) is 153 Å². The van der Waals surface area contributed by atoms with Crippen LogP contribution in [0, 0.1) is 17.8 Å². The number of esters is 2. The molecule has 554 valence electrons. The number of carbonyl (C=O) groups is 10. The van der Waals surface area contributed by atoms with Crippen molar-refractivity contribution in [2.24, 2.45) is 23.5 Å². The van der Waals surface area contributed by atoms with E-state index in [1.807, 2.05) is 104 Å². The van der Waals surface area contributed by atoms with E-state index >= 15 is 0 Å². The molecule has 6 aromatic carbocycles. The Morgan fingerprint density at radius 1 is 0.490 bits per heavy atom. The summed E-state index contributed by atoms with van der Waals surface area (Å²) in [7, 11) is 0. The monoisotopic (exact) mass is 1420 g/mol. The van der Waals surface area contributed by atoms with Crippen molar-refractivity contribution in [1.29, 1.82) is 0 Å². The number of hydrogen-bond donors (Lipinski definition) is 5. The summed E-state index contributed by atoms with van der Waals surface area (Å²) in [4.78, 5) is 118. The molecule has 2 aliphatic rings. The van der Waals surface area contributed by atoms with Gasteiger partial charge in [0.25, 0.3) is 0 Å². The van der Waals surface area contributed by atoms with Gasteiger partial charge in [0.1, 0.15) is 30.7 Å². The van der Waals surface area contributed by atoms with E-state index in [0.29, 0.717) is 36.8 Å². The summed E-state index contributed by atoms with van der Waals surface area (Å²) < 4.78 is 52.8. The third kappa shape index (κ3) is 27.9. The predicted molar refractivity (Wildman–Crippen MR) is 391 cm³/mol. The number of benzene rings is 6. The fourth-order valence-corrected chi connectivity index (χ4v) is 10.8. The van der Waals surface area contributed by atoms with E-state index in [1.165, 1.54) is 33.4 Å². The van der Waals surface area contributed by atoms with Crippen molar-refractivity contribution in [3.63, 3.8) is 0 Å². The summed E-state index contributed by atoms with van der Waals surface area (Å²) in [6, 6.07) is 44.3. The Labute approximate surface area is 599 Å². The molecule has 2 aliphatic carbocycles. The van der Waals surface area contributed by atoms with Crippen molar-refractivity contribution < 1.29 is 80.1 Å². The zero-order valence-corrected chi connectivity index (χ0v) is 58.2. The third-order valence-electron chi connectivity index (χ3n) is 15.7. The SMILES string of the molecule is C.C.C.CC(C)C(NC(=O)[C@H](C)CCCNC(=O)OCC1c2ccccc2-c2ccccc21)C(=O)Cc1ccc(C(=O)OC(C)(C)C)cc1.CC(C)C(NC(=O)[C@H](C)N)C(=O)Cc1ccc(C(=O)OC(C)(C)C)cc1.O=CC(F)(F)F.O=CCNC(=O)OCC1c2ccccc2-c2ccccc21. The van der Waals surface area contributed by atoms with E-state index in [0.717, 1.165) is 22.3 Å². The summed E-state index contributed by atoms with van der Waals surface area (Å²) in [6.45, 7) is 22.6. The van der Waals surface area contributed by atoms with Crippen LogP contribution in [0.1, 0.15) is 184 Å². The summed E-state index contributed by atoms with van der Waals surface area (Å²) in [6.07, 6.45) is -4.70. The Hall–Kier alpha value is -9.83. The molecule has 22 heteroatoms. The Bertz CT molecular complexity index is 3650. The molecule has 6 aromatic rings. The van der Waals surface area contributed by atoms with E-state index in [-0.39, 0.29) is 108 Å². The molecular weight excluding hydrogens is 1310 g/mol. The minimum Gasteiger partial charge on any atom is -0.456 e. The second-order valence-corrected chi connectivity index (χ2v) is 26.8. The van der Waals surface area contributed by atoms with Gasteiger partial charge < -0.3 is 50.7 Å². The number of nitrogens with two attached hydrogens (primary N) is 1. The average molecular weight is 1420 g/mol. The number of ether oxygens (including phenoxy) is 4. The van der Waals surface area contributed by atoms with Crippen molar-refractivity contribution in [3.05, 3.63) is 190 Å². The van der Waals surface area contributed by atoms with Gasteiger partial charge in [0, 0.05) is 37.1 Å². The molecule has 0 aliphatic heterocycles. The average Bonchev–Trinajstić information content (AvgIpc) is 1.62. The van der Waals surface area contributed by atoms with Crippen LogP contribution in [0.15, 0.2) is 146 Å². The van der Waals surface area contributed by atoms with Crippen LogP contribution >= 0.6 is 0 Å². The van der Waals surface area contributed by atoms with E-state index in [9.17, 15) is 56.3 Å². The zero-order chi connectivity index (χ0) is 73.4. The molecule has 4 amide bonds. The van der Waals surface area contributed by atoms with E-state index in [1.54, 1.807) is 76.2 Å². The van der Waals surface area contributed by atoms with Crippen LogP contribution in [0.3, 0.4) is 0 Å². The molecule has 0 radical (unpaired) electrons. The second kappa shape index (κ2) is 41.2. The number of alkyl halides is 3. The molecule has 6 N–H and O–H groups in total. The Morgan fingerprint density at radius 3 is 1.12 bits per heavy atom. The number of rotatable bonds is 24. The number of fused-ring (bicyclic) bond motifs is 6. The largest absolute Gasteiger partial charge is 0.456 e. The lowest BCUT2D eigenvalue weighted by Gasteiger charge is -2.23. The van der Waals surface area contributed by atoms with Crippen LogP contribution in [-0.2, 0) is 60.6 Å². The maximum atomic E-state index is 13.2. The lowest BCUT2D eigenvalue weighted by atomic mass is 9.93. The van der Waals surface area contributed by atoms with Gasteiger partial charge in [-0.2, -0.15) is 13.2 Å². The second-order valence-electron chi connectivity index (χ2n) is 26.8. The van der Waals surface area contributed by atoms with Crippen molar-refractivity contribution in [2.45, 2.75) is 178 Å². The van der Waals surface area contributed by atoms with E-state index in [2.05, 4.69) is 69.8 Å². The first-order valence-corrected chi connectivity index (χ1v) is 32.8. The first-order chi connectivity index (χ1) is 46.6. The topological polar surface area (TPSA) is 282 Å². The normalized spacial score (nSPS) is 12.9. The maximum Gasteiger partial charge on any atom is 0.446 e. The smallest absolute Gasteiger partial charge is 0.446 e. The van der Waals surface area contributed by atoms with Crippen molar-refractivity contribution in [2.75, 3.05) is 26.3 Å². The van der Waals surface area contributed by atoms with Crippen LogP contribution in [0.2, 0.25) is 0 Å². The van der Waals surface area contributed by atoms with Crippen molar-refractivity contribution in [1.82, 2.24) is 21.3 Å². The number of alkyl carbamates (subject to hydrolysis) is 2. The van der Waals surface area contributed by atoms with E-state index in [4.69, 9.17) is 29.5 Å². The zero-order valence-electron chi connectivity index (χ0n) is 58.2. The highest BCUT2D eigenvalue weighted by atomic mass is 19.4. The van der Waals surface area contributed by atoms with Crippen LogP contribution < -0.4 is 27.0 Å². The van der Waals surface area contributed by atoms with Crippen molar-refractivity contribution >= 4 is 60.1 Å². The van der Waals surface area contributed by atoms with Gasteiger partial charge in [-0.1, -0.05) is 178 Å². The minimum absolute atomic E-state index is 0. The molecule has 4 atom stereocenters. The van der Waals surface area contributed by atoms with Gasteiger partial charge in [-0.25, -0.2) is 19.2 Å². The number of carbonyl (C=O) groups excluding carboxylic acids is 10. The van der Waals surface area contributed by atoms with E-state index < -0.39 is 65.9 Å². The van der Waals surface area contributed by atoms with Gasteiger partial charge >= 0.3 is 30.3 Å². The third-order valence-corrected chi connectivity index (χ3v) is 15.7. The summed E-state index contributed by atoms with van der Waals surface area (Å²) in [5.41, 5.74) is 16.2. The minimum atomic E-state index is -4.64. The number of aldehydes is 2. The molecule has 19 nitrogen and oxygen atoms in total. The van der Waals surface area contributed by atoms with Crippen LogP contribution in [-0.4, -0.2) is 122 Å². The summed E-state index contributed by atoms with van der Waals surface area (Å²) >= 11 is 0. The molecule has 0 spiro atoms. The lowest BCUT2D eigenvalue weighted by Crippen LogP contribution is -2.50. The van der Waals surface area contributed by atoms with Gasteiger partial charge in [-0.3, -0.25) is 24.0 Å². The molecule has 0 aromatic heterocycles. The molecule has 0 saturated carbocycles. The predicted octanol–water partition coefficient (Wildman–Crippen LogP) is 14.5. The molecular formula is C80H104F3N5O14. The molecule has 0 bridgehead atoms. The summed E-state index contributed by atoms with van der Waals surface area (Å²) in [5, 5.41) is 10.8. The maximum absolute atomic E-state index is 13.2. The molecule has 0 fully saturated rings. The highest BCUT2D eigenvalue weighted by Gasteiger charge is 2.33. The molecule has 102 heavy (non-hydrogen) atoms. The number of Topliss-reactive ketones (excluding diaryl/α,β-unsaturated/α-hetero) is 2. The number of halogens is 3. The van der Waals surface area contributed by atoms with Gasteiger partial charge in [0.15, 0.2) is 11.6 Å².